The normalized spacial score (nSPS) is 18.3. The molecule has 150 valence electrons. The van der Waals surface area contributed by atoms with Crippen LogP contribution in [0.3, 0.4) is 0 Å². The number of hydrogen-bond donors (Lipinski definition) is 2. The van der Waals surface area contributed by atoms with Gasteiger partial charge in [0, 0.05) is 16.6 Å². The highest BCUT2D eigenvalue weighted by Gasteiger charge is 2.24. The zero-order chi connectivity index (χ0) is 19.2. The molecule has 2 aromatic heterocycles. The molecule has 29 heavy (non-hydrogen) atoms. The van der Waals surface area contributed by atoms with Crippen LogP contribution >= 0.6 is 11.3 Å². The van der Waals surface area contributed by atoms with Crippen LogP contribution in [0.15, 0.2) is 18.2 Å². The van der Waals surface area contributed by atoms with Gasteiger partial charge in [0.25, 0.3) is 0 Å². The molecule has 1 aliphatic carbocycles. The summed E-state index contributed by atoms with van der Waals surface area (Å²) >= 11 is 1.84. The molecule has 1 saturated heterocycles. The fourth-order valence-corrected chi connectivity index (χ4v) is 5.66. The summed E-state index contributed by atoms with van der Waals surface area (Å²) in [6.45, 7) is 4.75. The van der Waals surface area contributed by atoms with E-state index in [1.807, 2.05) is 29.5 Å². The second-order valence-corrected chi connectivity index (χ2v) is 8.84. The van der Waals surface area contributed by atoms with E-state index < -0.39 is 0 Å². The number of morpholine rings is 1. The van der Waals surface area contributed by atoms with Gasteiger partial charge in [-0.15, -0.1) is 11.3 Å². The first-order chi connectivity index (χ1) is 14.3. The lowest BCUT2D eigenvalue weighted by Crippen LogP contribution is -3.12. The molecule has 0 atom stereocenters. The average Bonchev–Trinajstić information content (AvgIpc) is 3.44. The van der Waals surface area contributed by atoms with E-state index in [0.29, 0.717) is 0 Å². The molecule has 3 aromatic rings. The van der Waals surface area contributed by atoms with Crippen molar-refractivity contribution in [2.45, 2.75) is 25.8 Å². The molecule has 0 bridgehead atoms. The Balaban J connectivity index is 1.39. The zero-order valence-electron chi connectivity index (χ0n) is 16.1. The number of hydrogen-bond acceptors (Lipinski definition) is 7. The molecule has 6 rings (SSSR count). The lowest BCUT2D eigenvalue weighted by molar-refractivity contribution is -0.922. The number of nitrogens with one attached hydrogen (secondary N) is 2. The van der Waals surface area contributed by atoms with Crippen LogP contribution < -0.4 is 19.7 Å². The van der Waals surface area contributed by atoms with Crippen molar-refractivity contribution in [2.75, 3.05) is 38.4 Å². The fraction of sp³-hybridized carbons (Fsp3) is 0.429. The van der Waals surface area contributed by atoms with E-state index in [2.05, 4.69) is 5.32 Å². The van der Waals surface area contributed by atoms with E-state index in [-0.39, 0.29) is 6.79 Å². The highest BCUT2D eigenvalue weighted by Crippen LogP contribution is 2.41. The number of benzene rings is 1. The summed E-state index contributed by atoms with van der Waals surface area (Å²) < 4.78 is 16.5. The Bertz CT molecular complexity index is 1080. The van der Waals surface area contributed by atoms with Crippen molar-refractivity contribution in [2.24, 2.45) is 0 Å². The van der Waals surface area contributed by atoms with Gasteiger partial charge in [-0.1, -0.05) is 0 Å². The summed E-state index contributed by atoms with van der Waals surface area (Å²) in [7, 11) is 0. The second-order valence-electron chi connectivity index (χ2n) is 7.76. The number of thiophene rings is 1. The predicted octanol–water partition coefficient (Wildman–Crippen LogP) is 2.07. The fourth-order valence-electron chi connectivity index (χ4n) is 4.38. The number of aryl methyl sites for hydroxylation is 2. The Morgan fingerprint density at radius 2 is 1.97 bits per heavy atom. The van der Waals surface area contributed by atoms with Gasteiger partial charge >= 0.3 is 0 Å². The number of nitrogens with zero attached hydrogens (tertiary/aromatic N) is 2. The van der Waals surface area contributed by atoms with Gasteiger partial charge in [0.1, 0.15) is 30.3 Å². The molecule has 8 heteroatoms. The van der Waals surface area contributed by atoms with Crippen molar-refractivity contribution >= 4 is 33.1 Å². The number of quaternary nitrogens is 1. The summed E-state index contributed by atoms with van der Waals surface area (Å²) in [5.41, 5.74) is 2.38. The molecular formula is C21H23N4O3S+. The van der Waals surface area contributed by atoms with Crippen LogP contribution in [0.5, 0.6) is 11.5 Å². The largest absolute Gasteiger partial charge is 0.454 e. The Morgan fingerprint density at radius 1 is 1.07 bits per heavy atom. The van der Waals surface area contributed by atoms with Crippen molar-refractivity contribution < 1.29 is 19.1 Å². The third-order valence-corrected chi connectivity index (χ3v) is 7.04. The van der Waals surface area contributed by atoms with Gasteiger partial charge in [-0.05, 0) is 37.0 Å². The molecule has 1 fully saturated rings. The van der Waals surface area contributed by atoms with Gasteiger partial charge in [0.05, 0.1) is 18.6 Å². The Labute approximate surface area is 172 Å². The maximum atomic E-state index is 5.54. The van der Waals surface area contributed by atoms with Gasteiger partial charge in [-0.3, -0.25) is 0 Å². The highest BCUT2D eigenvalue weighted by atomic mass is 32.1. The van der Waals surface area contributed by atoms with Crippen molar-refractivity contribution in [1.82, 2.24) is 9.97 Å². The molecule has 1 aromatic carbocycles. The van der Waals surface area contributed by atoms with Gasteiger partial charge < -0.3 is 24.4 Å². The molecule has 4 heterocycles. The van der Waals surface area contributed by atoms with Gasteiger partial charge in [-0.2, -0.15) is 0 Å². The van der Waals surface area contributed by atoms with Gasteiger partial charge in [0.15, 0.2) is 17.3 Å². The van der Waals surface area contributed by atoms with Crippen LogP contribution in [-0.2, 0) is 24.1 Å². The minimum atomic E-state index is 0.279. The van der Waals surface area contributed by atoms with E-state index in [9.17, 15) is 0 Å². The van der Waals surface area contributed by atoms with E-state index in [0.717, 1.165) is 79.3 Å². The van der Waals surface area contributed by atoms with Crippen molar-refractivity contribution in [1.29, 1.82) is 0 Å². The van der Waals surface area contributed by atoms with Crippen molar-refractivity contribution in [3.63, 3.8) is 0 Å². The smallest absolute Gasteiger partial charge is 0.231 e. The van der Waals surface area contributed by atoms with Crippen LogP contribution in [0.2, 0.25) is 0 Å². The van der Waals surface area contributed by atoms with Crippen LogP contribution in [0.1, 0.15) is 22.7 Å². The minimum Gasteiger partial charge on any atom is -0.454 e. The zero-order valence-corrected chi connectivity index (χ0v) is 16.9. The maximum absolute atomic E-state index is 5.54. The molecule has 0 saturated carbocycles. The predicted molar refractivity (Wildman–Crippen MR) is 111 cm³/mol. The monoisotopic (exact) mass is 411 g/mol. The molecule has 2 N–H and O–H groups in total. The summed E-state index contributed by atoms with van der Waals surface area (Å²) in [5, 5.41) is 4.75. The van der Waals surface area contributed by atoms with E-state index in [4.69, 9.17) is 24.2 Å². The molecule has 7 nitrogen and oxygen atoms in total. The van der Waals surface area contributed by atoms with Crippen LogP contribution in [-0.4, -0.2) is 43.1 Å². The topological polar surface area (TPSA) is 69.9 Å². The van der Waals surface area contributed by atoms with Gasteiger partial charge in [-0.25, -0.2) is 9.97 Å². The van der Waals surface area contributed by atoms with E-state index in [1.165, 1.54) is 27.1 Å². The number of fused-ring (bicyclic) bond motifs is 4. The quantitative estimate of drug-likeness (QED) is 0.685. The third-order valence-electron chi connectivity index (χ3n) is 5.85. The maximum Gasteiger partial charge on any atom is 0.231 e. The Hall–Kier alpha value is -2.42. The SMILES string of the molecule is c1cc2c(cc1Nc1nc(C[NH+]3CCOCC3)nc3sc4c(c13)CCC4)OCO2. The first-order valence-corrected chi connectivity index (χ1v) is 11.0. The number of anilines is 2. The molecule has 0 spiro atoms. The summed E-state index contributed by atoms with van der Waals surface area (Å²) in [4.78, 5) is 14.0. The molecule has 0 amide bonds. The summed E-state index contributed by atoms with van der Waals surface area (Å²) in [6.07, 6.45) is 3.49. The lowest BCUT2D eigenvalue weighted by atomic mass is 10.2. The second kappa shape index (κ2) is 7.12. The molecular weight excluding hydrogens is 388 g/mol. The van der Waals surface area contributed by atoms with Crippen LogP contribution in [0.4, 0.5) is 11.5 Å². The van der Waals surface area contributed by atoms with Gasteiger partial charge in [0.2, 0.25) is 6.79 Å². The first kappa shape index (κ1) is 17.4. The van der Waals surface area contributed by atoms with Crippen LogP contribution in [0.25, 0.3) is 10.2 Å². The van der Waals surface area contributed by atoms with E-state index >= 15 is 0 Å². The molecule has 0 unspecified atom stereocenters. The van der Waals surface area contributed by atoms with E-state index in [1.54, 1.807) is 0 Å². The average molecular weight is 412 g/mol. The minimum absolute atomic E-state index is 0.279. The lowest BCUT2D eigenvalue weighted by Gasteiger charge is -2.23. The van der Waals surface area contributed by atoms with Crippen LogP contribution in [0, 0.1) is 0 Å². The first-order valence-electron chi connectivity index (χ1n) is 10.2. The summed E-state index contributed by atoms with van der Waals surface area (Å²) in [6, 6.07) is 5.94. The summed E-state index contributed by atoms with van der Waals surface area (Å²) in [5.74, 6) is 3.37. The Kier molecular flexibility index (Phi) is 4.28. The number of aromatic nitrogens is 2. The highest BCUT2D eigenvalue weighted by molar-refractivity contribution is 7.19. The third kappa shape index (κ3) is 3.21. The van der Waals surface area contributed by atoms with Crippen molar-refractivity contribution in [3.05, 3.63) is 34.5 Å². The Morgan fingerprint density at radius 3 is 2.90 bits per heavy atom. The number of rotatable bonds is 4. The molecule has 0 radical (unpaired) electrons. The number of ether oxygens (including phenoxy) is 3. The van der Waals surface area contributed by atoms with Crippen molar-refractivity contribution in [3.8, 4) is 11.5 Å². The molecule has 3 aliphatic rings. The molecule has 2 aliphatic heterocycles. The standard InChI is InChI=1S/C21H22N4O3S/c1-2-14-17(3-1)29-21-19(14)20(22-13-4-5-15-16(10-13)28-12-27-15)23-18(24-21)11-25-6-8-26-9-7-25/h4-5,10H,1-3,6-9,11-12H2,(H,22,23,24)/p+1.